The highest BCUT2D eigenvalue weighted by molar-refractivity contribution is 5.88. The number of carbonyl (C=O) groups excluding carboxylic acids is 1. The molecule has 2 aliphatic rings. The van der Waals surface area contributed by atoms with E-state index in [9.17, 15) is 4.79 Å². The van der Waals surface area contributed by atoms with E-state index in [0.717, 1.165) is 11.4 Å². The van der Waals surface area contributed by atoms with Gasteiger partial charge in [-0.1, -0.05) is 6.07 Å². The van der Waals surface area contributed by atoms with Crippen molar-refractivity contribution in [3.8, 4) is 0 Å². The summed E-state index contributed by atoms with van der Waals surface area (Å²) in [4.78, 5) is 16.5. The molecule has 6 heteroatoms. The van der Waals surface area contributed by atoms with E-state index in [1.165, 1.54) is 31.4 Å². The number of amides is 2. The van der Waals surface area contributed by atoms with Crippen molar-refractivity contribution in [1.82, 2.24) is 20.1 Å². The molecule has 23 heavy (non-hydrogen) atoms. The van der Waals surface area contributed by atoms with Gasteiger partial charge < -0.3 is 5.32 Å². The Hall–Kier alpha value is -2.37. The second-order valence-electron chi connectivity index (χ2n) is 6.49. The van der Waals surface area contributed by atoms with Gasteiger partial charge in [-0.05, 0) is 43.9 Å². The van der Waals surface area contributed by atoms with Crippen LogP contribution < -0.4 is 10.6 Å². The number of hydrogen-bond acceptors (Lipinski definition) is 3. The second kappa shape index (κ2) is 5.68. The van der Waals surface area contributed by atoms with Gasteiger partial charge in [0, 0.05) is 30.3 Å². The molecule has 2 saturated carbocycles. The van der Waals surface area contributed by atoms with Gasteiger partial charge in [-0.2, -0.15) is 5.10 Å². The predicted octanol–water partition coefficient (Wildman–Crippen LogP) is 2.89. The normalized spacial score (nSPS) is 17.1. The molecule has 120 valence electrons. The van der Waals surface area contributed by atoms with Crippen LogP contribution in [0.3, 0.4) is 0 Å². The zero-order valence-electron chi connectivity index (χ0n) is 13.2. The van der Waals surface area contributed by atoms with Crippen molar-refractivity contribution < 1.29 is 4.79 Å². The standard InChI is InChI=1S/C17H21N5O/c1-22-15(12-7-8-12)9-13(21-22)10-18-17(23)20-16-4-2-3-14(19-16)11-5-6-11/h2-4,9,11-12H,5-8,10H2,1H3,(H2,18,19,20,23). The monoisotopic (exact) mass is 311 g/mol. The Morgan fingerprint density at radius 1 is 1.26 bits per heavy atom. The number of rotatable bonds is 5. The smallest absolute Gasteiger partial charge is 0.320 e. The first-order valence-electron chi connectivity index (χ1n) is 8.23. The van der Waals surface area contributed by atoms with Crippen LogP contribution in [-0.4, -0.2) is 20.8 Å². The lowest BCUT2D eigenvalue weighted by atomic mass is 10.2. The summed E-state index contributed by atoms with van der Waals surface area (Å²) >= 11 is 0. The van der Waals surface area contributed by atoms with Crippen molar-refractivity contribution in [2.24, 2.45) is 7.05 Å². The average molecular weight is 311 g/mol. The minimum absolute atomic E-state index is 0.246. The fraction of sp³-hybridized carbons (Fsp3) is 0.471. The van der Waals surface area contributed by atoms with Crippen LogP contribution in [0.5, 0.6) is 0 Å². The number of aryl methyl sites for hydroxylation is 1. The highest BCUT2D eigenvalue weighted by Gasteiger charge is 2.27. The maximum atomic E-state index is 12.0. The van der Waals surface area contributed by atoms with Crippen LogP contribution in [0.25, 0.3) is 0 Å². The van der Waals surface area contributed by atoms with E-state index in [1.807, 2.05) is 29.9 Å². The van der Waals surface area contributed by atoms with Crippen molar-refractivity contribution in [1.29, 1.82) is 0 Å². The van der Waals surface area contributed by atoms with Crippen LogP contribution in [0.4, 0.5) is 10.6 Å². The summed E-state index contributed by atoms with van der Waals surface area (Å²) in [5.74, 6) is 1.84. The molecule has 0 saturated heterocycles. The van der Waals surface area contributed by atoms with E-state index >= 15 is 0 Å². The lowest BCUT2D eigenvalue weighted by molar-refractivity contribution is 0.251. The number of nitrogens with zero attached hydrogens (tertiary/aromatic N) is 3. The summed E-state index contributed by atoms with van der Waals surface area (Å²) in [6.07, 6.45) is 4.89. The molecule has 2 fully saturated rings. The number of nitrogens with one attached hydrogen (secondary N) is 2. The van der Waals surface area contributed by atoms with Gasteiger partial charge in [-0.25, -0.2) is 9.78 Å². The summed E-state index contributed by atoms with van der Waals surface area (Å²) in [7, 11) is 1.96. The third kappa shape index (κ3) is 3.36. The summed E-state index contributed by atoms with van der Waals surface area (Å²) in [5, 5.41) is 10.1. The first-order chi connectivity index (χ1) is 11.2. The number of pyridine rings is 1. The van der Waals surface area contributed by atoms with Crippen molar-refractivity contribution in [3.05, 3.63) is 41.3 Å². The molecule has 2 aromatic rings. The number of hydrogen-bond donors (Lipinski definition) is 2. The van der Waals surface area contributed by atoms with Gasteiger partial charge in [0.15, 0.2) is 0 Å². The lowest BCUT2D eigenvalue weighted by Crippen LogP contribution is -2.28. The molecule has 2 aromatic heterocycles. The van der Waals surface area contributed by atoms with Crippen molar-refractivity contribution in [3.63, 3.8) is 0 Å². The van der Waals surface area contributed by atoms with Gasteiger partial charge in [0.1, 0.15) is 5.82 Å². The molecular formula is C17H21N5O. The number of carbonyl (C=O) groups is 1. The summed E-state index contributed by atoms with van der Waals surface area (Å²) in [5.41, 5.74) is 3.23. The van der Waals surface area contributed by atoms with Gasteiger partial charge in [0.2, 0.25) is 0 Å². The molecule has 2 N–H and O–H groups in total. The Morgan fingerprint density at radius 3 is 2.78 bits per heavy atom. The van der Waals surface area contributed by atoms with Crippen molar-refractivity contribution in [2.45, 2.75) is 44.1 Å². The van der Waals surface area contributed by atoms with Crippen LogP contribution >= 0.6 is 0 Å². The van der Waals surface area contributed by atoms with E-state index < -0.39 is 0 Å². The van der Waals surface area contributed by atoms with Crippen LogP contribution in [0.15, 0.2) is 24.3 Å². The van der Waals surface area contributed by atoms with Gasteiger partial charge in [-0.3, -0.25) is 10.00 Å². The molecule has 0 bridgehead atoms. The topological polar surface area (TPSA) is 71.8 Å². The van der Waals surface area contributed by atoms with Gasteiger partial charge >= 0.3 is 6.03 Å². The fourth-order valence-corrected chi connectivity index (χ4v) is 2.85. The maximum Gasteiger partial charge on any atom is 0.320 e. The minimum atomic E-state index is -0.246. The Bertz CT molecular complexity index is 730. The first kappa shape index (κ1) is 14.2. The number of urea groups is 1. The molecule has 2 amide bonds. The Balaban J connectivity index is 1.33. The van der Waals surface area contributed by atoms with Crippen LogP contribution in [0, 0.1) is 0 Å². The molecule has 0 aromatic carbocycles. The third-order valence-corrected chi connectivity index (χ3v) is 4.40. The van der Waals surface area contributed by atoms with Crippen LogP contribution in [-0.2, 0) is 13.6 Å². The zero-order valence-corrected chi connectivity index (χ0v) is 13.2. The molecule has 0 atom stereocenters. The molecule has 2 heterocycles. The second-order valence-corrected chi connectivity index (χ2v) is 6.49. The van der Waals surface area contributed by atoms with Gasteiger partial charge in [0.05, 0.1) is 12.2 Å². The molecule has 2 aliphatic carbocycles. The van der Waals surface area contributed by atoms with E-state index in [-0.39, 0.29) is 6.03 Å². The number of anilines is 1. The van der Waals surface area contributed by atoms with E-state index in [2.05, 4.69) is 26.8 Å². The molecular weight excluding hydrogens is 290 g/mol. The summed E-state index contributed by atoms with van der Waals surface area (Å²) < 4.78 is 1.92. The van der Waals surface area contributed by atoms with E-state index in [4.69, 9.17) is 0 Å². The fourth-order valence-electron chi connectivity index (χ4n) is 2.85. The van der Waals surface area contributed by atoms with Crippen LogP contribution in [0.2, 0.25) is 0 Å². The Labute approximate surface area is 135 Å². The van der Waals surface area contributed by atoms with Crippen molar-refractivity contribution >= 4 is 11.8 Å². The number of aromatic nitrogens is 3. The van der Waals surface area contributed by atoms with Gasteiger partial charge in [-0.15, -0.1) is 0 Å². The van der Waals surface area contributed by atoms with E-state index in [1.54, 1.807) is 0 Å². The van der Waals surface area contributed by atoms with Crippen LogP contribution in [0.1, 0.15) is 54.6 Å². The molecule has 6 nitrogen and oxygen atoms in total. The SMILES string of the molecule is Cn1nc(CNC(=O)Nc2cccc(C3CC3)n2)cc1C1CC1. The van der Waals surface area contributed by atoms with Gasteiger partial charge in [0.25, 0.3) is 0 Å². The first-order valence-corrected chi connectivity index (χ1v) is 8.23. The maximum absolute atomic E-state index is 12.0. The highest BCUT2D eigenvalue weighted by atomic mass is 16.2. The average Bonchev–Trinajstić information content (AvgIpc) is 3.44. The van der Waals surface area contributed by atoms with E-state index in [0.29, 0.717) is 24.2 Å². The largest absolute Gasteiger partial charge is 0.332 e. The minimum Gasteiger partial charge on any atom is -0.332 e. The third-order valence-electron chi connectivity index (χ3n) is 4.40. The quantitative estimate of drug-likeness (QED) is 0.892. The molecule has 0 aliphatic heterocycles. The Kier molecular flexibility index (Phi) is 3.52. The molecule has 4 rings (SSSR count). The summed E-state index contributed by atoms with van der Waals surface area (Å²) in [6, 6.07) is 7.62. The Morgan fingerprint density at radius 2 is 2.04 bits per heavy atom. The molecule has 0 unspecified atom stereocenters. The molecule has 0 spiro atoms. The lowest BCUT2D eigenvalue weighted by Gasteiger charge is -2.07. The molecule has 0 radical (unpaired) electrons. The highest BCUT2D eigenvalue weighted by Crippen LogP contribution is 2.40. The van der Waals surface area contributed by atoms with Crippen molar-refractivity contribution in [2.75, 3.05) is 5.32 Å². The zero-order chi connectivity index (χ0) is 15.8. The summed E-state index contributed by atoms with van der Waals surface area (Å²) in [6.45, 7) is 0.425. The predicted molar refractivity (Wildman–Crippen MR) is 87.3 cm³/mol.